The molecule has 0 fully saturated rings. The summed E-state index contributed by atoms with van der Waals surface area (Å²) < 4.78 is 5.26. The molecule has 154 valence electrons. The Labute approximate surface area is 180 Å². The molecule has 5 heteroatoms. The number of furan rings is 1. The monoisotopic (exact) mass is 409 g/mol. The third-order valence-electron chi connectivity index (χ3n) is 5.54. The summed E-state index contributed by atoms with van der Waals surface area (Å²) in [6, 6.07) is 24.3. The second kappa shape index (κ2) is 8.48. The van der Waals surface area contributed by atoms with Crippen LogP contribution in [0, 0.1) is 0 Å². The molecular weight excluding hydrogens is 386 g/mol. The fourth-order valence-electron chi connectivity index (χ4n) is 4.00. The molecule has 0 radical (unpaired) electrons. The van der Waals surface area contributed by atoms with E-state index < -0.39 is 0 Å². The number of hydrogen-bond donors (Lipinski definition) is 2. The van der Waals surface area contributed by atoms with Crippen molar-refractivity contribution in [3.05, 3.63) is 90.4 Å². The van der Waals surface area contributed by atoms with Crippen molar-refractivity contribution < 1.29 is 9.21 Å². The molecule has 2 aromatic carbocycles. The molecule has 2 N–H and O–H groups in total. The molecule has 1 amide bonds. The predicted octanol–water partition coefficient (Wildman–Crippen LogP) is 5.62. The number of benzene rings is 2. The number of nitrogens with one attached hydrogen (secondary N) is 2. The van der Waals surface area contributed by atoms with Gasteiger partial charge in [-0.25, -0.2) is 4.98 Å². The molecule has 0 aliphatic rings. The fourth-order valence-corrected chi connectivity index (χ4v) is 4.00. The number of para-hydroxylation sites is 2. The van der Waals surface area contributed by atoms with E-state index in [4.69, 9.17) is 9.40 Å². The molecule has 0 spiro atoms. The number of amides is 1. The first-order valence-electron chi connectivity index (χ1n) is 10.5. The van der Waals surface area contributed by atoms with E-state index in [2.05, 4.69) is 40.6 Å². The number of H-pyrrole nitrogens is 1. The molecule has 0 saturated heterocycles. The van der Waals surface area contributed by atoms with Gasteiger partial charge in [-0.15, -0.1) is 0 Å². The summed E-state index contributed by atoms with van der Waals surface area (Å²) in [4.78, 5) is 20.7. The van der Waals surface area contributed by atoms with Crippen LogP contribution in [0.4, 0.5) is 0 Å². The zero-order chi connectivity index (χ0) is 21.0. The molecule has 31 heavy (non-hydrogen) atoms. The van der Waals surface area contributed by atoms with Gasteiger partial charge in [0.2, 0.25) is 5.91 Å². The van der Waals surface area contributed by atoms with E-state index in [9.17, 15) is 4.79 Å². The van der Waals surface area contributed by atoms with Crippen LogP contribution in [0.5, 0.6) is 0 Å². The molecule has 0 atom stereocenters. The Morgan fingerprint density at radius 3 is 2.74 bits per heavy atom. The molecule has 5 nitrogen and oxygen atoms in total. The van der Waals surface area contributed by atoms with Gasteiger partial charge in [0.15, 0.2) is 0 Å². The summed E-state index contributed by atoms with van der Waals surface area (Å²) in [5, 5.41) is 5.22. The Bertz CT molecular complexity index is 1340. The number of aromatic amines is 1. The highest BCUT2D eigenvalue weighted by Gasteiger charge is 2.15. The van der Waals surface area contributed by atoms with E-state index in [-0.39, 0.29) is 5.91 Å². The third-order valence-corrected chi connectivity index (χ3v) is 5.54. The average molecular weight is 409 g/mol. The summed E-state index contributed by atoms with van der Waals surface area (Å²) in [5.41, 5.74) is 5.22. The lowest BCUT2D eigenvalue weighted by Gasteiger charge is -2.07. The van der Waals surface area contributed by atoms with Crippen molar-refractivity contribution in [3.8, 4) is 11.4 Å². The number of aryl methyl sites for hydroxylation is 1. The van der Waals surface area contributed by atoms with Crippen LogP contribution in [-0.2, 0) is 17.8 Å². The van der Waals surface area contributed by atoms with Gasteiger partial charge in [-0.1, -0.05) is 42.5 Å². The normalized spacial score (nSPS) is 11.2. The van der Waals surface area contributed by atoms with Gasteiger partial charge >= 0.3 is 0 Å². The second-order valence-corrected chi connectivity index (χ2v) is 7.62. The number of carbonyl (C=O) groups excluding carboxylic acids is 1. The van der Waals surface area contributed by atoms with Crippen LogP contribution >= 0.6 is 0 Å². The van der Waals surface area contributed by atoms with E-state index in [1.807, 2.05) is 42.5 Å². The van der Waals surface area contributed by atoms with E-state index in [1.165, 1.54) is 10.9 Å². The Kier molecular flexibility index (Phi) is 5.23. The predicted molar refractivity (Wildman–Crippen MR) is 123 cm³/mol. The number of nitrogens with zero attached hydrogens (tertiary/aromatic N) is 1. The highest BCUT2D eigenvalue weighted by Crippen LogP contribution is 2.31. The fraction of sp³-hybridized carbons (Fsp3) is 0.154. The number of fused-ring (bicyclic) bond motifs is 2. The summed E-state index contributed by atoms with van der Waals surface area (Å²) in [5.74, 6) is 0.788. The standard InChI is InChI=1S/C26H23N3O2/c30-25(27-17-19-8-6-16-31-19)13-5-10-21-20-9-2-4-12-23(20)29-26(21)24-15-14-18-7-1-3-11-22(18)28-24/h1-4,6-9,11-12,14-16,29H,5,10,13,17H2,(H,27,30). The summed E-state index contributed by atoms with van der Waals surface area (Å²) >= 11 is 0. The maximum Gasteiger partial charge on any atom is 0.220 e. The van der Waals surface area contributed by atoms with Gasteiger partial charge in [-0.2, -0.15) is 0 Å². The van der Waals surface area contributed by atoms with Gasteiger partial charge in [0.05, 0.1) is 29.7 Å². The molecule has 5 aromatic rings. The number of carbonyl (C=O) groups is 1. The first-order chi connectivity index (χ1) is 15.3. The molecule has 5 rings (SSSR count). The lowest BCUT2D eigenvalue weighted by atomic mass is 10.0. The van der Waals surface area contributed by atoms with Gasteiger partial charge in [0, 0.05) is 22.7 Å². The first kappa shape index (κ1) is 19.1. The van der Waals surface area contributed by atoms with E-state index >= 15 is 0 Å². The van der Waals surface area contributed by atoms with Gasteiger partial charge < -0.3 is 14.7 Å². The molecule has 0 unspecified atom stereocenters. The number of pyridine rings is 1. The minimum absolute atomic E-state index is 0.0293. The van der Waals surface area contributed by atoms with Gasteiger partial charge in [-0.3, -0.25) is 4.79 Å². The Morgan fingerprint density at radius 2 is 1.84 bits per heavy atom. The van der Waals surface area contributed by atoms with E-state index in [0.717, 1.165) is 46.4 Å². The second-order valence-electron chi connectivity index (χ2n) is 7.62. The minimum atomic E-state index is 0.0293. The lowest BCUT2D eigenvalue weighted by molar-refractivity contribution is -0.121. The minimum Gasteiger partial charge on any atom is -0.467 e. The quantitative estimate of drug-likeness (QED) is 0.367. The van der Waals surface area contributed by atoms with Crippen molar-refractivity contribution >= 4 is 27.7 Å². The topological polar surface area (TPSA) is 70.9 Å². The zero-order valence-electron chi connectivity index (χ0n) is 17.1. The third kappa shape index (κ3) is 4.08. The SMILES string of the molecule is O=C(CCCc1c(-c2ccc3ccccc3n2)[nH]c2ccccc12)NCc1ccco1. The van der Waals surface area contributed by atoms with E-state index in [1.54, 1.807) is 6.26 Å². The van der Waals surface area contributed by atoms with Gasteiger partial charge in [0.1, 0.15) is 5.76 Å². The molecule has 0 aliphatic carbocycles. The molecule has 0 saturated carbocycles. The molecule has 0 aliphatic heterocycles. The van der Waals surface area contributed by atoms with Crippen molar-refractivity contribution in [1.29, 1.82) is 0 Å². The molecular formula is C26H23N3O2. The van der Waals surface area contributed by atoms with Crippen LogP contribution in [-0.4, -0.2) is 15.9 Å². The maximum atomic E-state index is 12.3. The van der Waals surface area contributed by atoms with Crippen LogP contribution in [0.1, 0.15) is 24.2 Å². The van der Waals surface area contributed by atoms with Crippen molar-refractivity contribution in [3.63, 3.8) is 0 Å². The van der Waals surface area contributed by atoms with Gasteiger partial charge in [-0.05, 0) is 48.7 Å². The number of hydrogen-bond acceptors (Lipinski definition) is 3. The van der Waals surface area contributed by atoms with Crippen LogP contribution in [0.3, 0.4) is 0 Å². The highest BCUT2D eigenvalue weighted by atomic mass is 16.3. The first-order valence-corrected chi connectivity index (χ1v) is 10.5. The number of rotatable bonds is 7. The number of aromatic nitrogens is 2. The van der Waals surface area contributed by atoms with Crippen molar-refractivity contribution in [2.45, 2.75) is 25.8 Å². The molecule has 3 aromatic heterocycles. The highest BCUT2D eigenvalue weighted by molar-refractivity contribution is 5.91. The Hall–Kier alpha value is -3.86. The van der Waals surface area contributed by atoms with Crippen LogP contribution in [0.15, 0.2) is 83.5 Å². The van der Waals surface area contributed by atoms with Crippen LogP contribution in [0.25, 0.3) is 33.2 Å². The Balaban J connectivity index is 1.36. The molecule has 3 heterocycles. The zero-order valence-corrected chi connectivity index (χ0v) is 17.1. The molecule has 0 bridgehead atoms. The summed E-state index contributed by atoms with van der Waals surface area (Å²) in [6.45, 7) is 0.422. The van der Waals surface area contributed by atoms with Crippen molar-refractivity contribution in [2.24, 2.45) is 0 Å². The van der Waals surface area contributed by atoms with Crippen molar-refractivity contribution in [1.82, 2.24) is 15.3 Å². The summed E-state index contributed by atoms with van der Waals surface area (Å²) in [6.07, 6.45) is 3.63. The smallest absolute Gasteiger partial charge is 0.220 e. The Morgan fingerprint density at radius 1 is 0.968 bits per heavy atom. The van der Waals surface area contributed by atoms with Crippen molar-refractivity contribution in [2.75, 3.05) is 0 Å². The van der Waals surface area contributed by atoms with Crippen LogP contribution in [0.2, 0.25) is 0 Å². The maximum absolute atomic E-state index is 12.3. The van der Waals surface area contributed by atoms with Crippen LogP contribution < -0.4 is 5.32 Å². The lowest BCUT2D eigenvalue weighted by Crippen LogP contribution is -2.22. The van der Waals surface area contributed by atoms with Gasteiger partial charge in [0.25, 0.3) is 0 Å². The van der Waals surface area contributed by atoms with E-state index in [0.29, 0.717) is 13.0 Å². The summed E-state index contributed by atoms with van der Waals surface area (Å²) in [7, 11) is 0. The average Bonchev–Trinajstić information content (AvgIpc) is 3.46. The largest absolute Gasteiger partial charge is 0.467 e.